The topological polar surface area (TPSA) is 66.6 Å². The minimum Gasteiger partial charge on any atom is -0.393 e. The van der Waals surface area contributed by atoms with Crippen LogP contribution in [0.25, 0.3) is 0 Å². The number of aliphatic hydroxyl groups excluding tert-OH is 1. The lowest BCUT2D eigenvalue weighted by atomic mass is 10.1. The van der Waals surface area contributed by atoms with Crippen molar-refractivity contribution in [3.05, 3.63) is 0 Å². The van der Waals surface area contributed by atoms with Crippen LogP contribution in [0, 0.1) is 0 Å². The molecule has 1 fully saturated rings. The second-order valence-corrected chi connectivity index (χ2v) is 3.15. The van der Waals surface area contributed by atoms with E-state index in [0.29, 0.717) is 38.9 Å². The fourth-order valence-corrected chi connectivity index (χ4v) is 1.40. The summed E-state index contributed by atoms with van der Waals surface area (Å²) in [6.07, 6.45) is 1.62. The number of aliphatic hydroxyl groups is 1. The van der Waals surface area contributed by atoms with Gasteiger partial charge in [0.2, 0.25) is 5.91 Å². The van der Waals surface area contributed by atoms with Crippen LogP contribution in [0.1, 0.15) is 19.3 Å². The van der Waals surface area contributed by atoms with Gasteiger partial charge in [0.1, 0.15) is 0 Å². The summed E-state index contributed by atoms with van der Waals surface area (Å²) in [5, 5.41) is 9.18. The molecule has 1 saturated heterocycles. The Labute approximate surface area is 84.5 Å². The van der Waals surface area contributed by atoms with Crippen LogP contribution in [0.4, 0.5) is 0 Å². The first kappa shape index (κ1) is 12.7. The Hall–Kier alpha value is -0.320. The molecule has 0 aliphatic carbocycles. The predicted molar refractivity (Wildman–Crippen MR) is 52.7 cm³/mol. The fourth-order valence-electron chi connectivity index (χ4n) is 1.40. The zero-order valence-electron chi connectivity index (χ0n) is 7.61. The van der Waals surface area contributed by atoms with Crippen molar-refractivity contribution in [1.29, 1.82) is 0 Å². The van der Waals surface area contributed by atoms with Crippen LogP contribution in [0.5, 0.6) is 0 Å². The van der Waals surface area contributed by atoms with E-state index in [1.807, 2.05) is 0 Å². The van der Waals surface area contributed by atoms with Crippen molar-refractivity contribution in [2.45, 2.75) is 25.4 Å². The molecule has 0 bridgehead atoms. The maximum atomic E-state index is 11.3. The standard InChI is InChI=1S/C8H16N2O2.ClH/c9-4-1-8(12)10-5-2-7(11)3-6-10;/h7,11H,1-6,9H2;1H. The Morgan fingerprint density at radius 1 is 1.46 bits per heavy atom. The molecule has 1 heterocycles. The molecule has 5 heteroatoms. The number of likely N-dealkylation sites (tertiary alicyclic amines) is 1. The van der Waals surface area contributed by atoms with Gasteiger partial charge in [-0.1, -0.05) is 0 Å². The zero-order valence-corrected chi connectivity index (χ0v) is 8.42. The second kappa shape index (κ2) is 6.18. The van der Waals surface area contributed by atoms with Crippen molar-refractivity contribution in [1.82, 2.24) is 4.90 Å². The molecule has 0 spiro atoms. The molecule has 78 valence electrons. The summed E-state index contributed by atoms with van der Waals surface area (Å²) in [4.78, 5) is 13.0. The molecule has 1 aliphatic heterocycles. The van der Waals surface area contributed by atoms with E-state index in [-0.39, 0.29) is 24.4 Å². The van der Waals surface area contributed by atoms with Crippen molar-refractivity contribution >= 4 is 18.3 Å². The Bertz CT molecular complexity index is 158. The highest BCUT2D eigenvalue weighted by molar-refractivity contribution is 5.85. The number of hydrogen-bond donors (Lipinski definition) is 2. The van der Waals surface area contributed by atoms with E-state index in [9.17, 15) is 9.90 Å². The highest BCUT2D eigenvalue weighted by atomic mass is 35.5. The number of hydrogen-bond acceptors (Lipinski definition) is 3. The lowest BCUT2D eigenvalue weighted by Gasteiger charge is -2.29. The van der Waals surface area contributed by atoms with Gasteiger partial charge in [-0.15, -0.1) is 12.4 Å². The first-order valence-corrected chi connectivity index (χ1v) is 4.40. The van der Waals surface area contributed by atoms with Gasteiger partial charge in [-0.05, 0) is 12.8 Å². The average Bonchev–Trinajstić information content (AvgIpc) is 2.06. The maximum Gasteiger partial charge on any atom is 0.223 e. The molecule has 1 rings (SSSR count). The van der Waals surface area contributed by atoms with Crippen molar-refractivity contribution in [2.24, 2.45) is 5.73 Å². The molecule has 0 radical (unpaired) electrons. The number of nitrogens with two attached hydrogens (primary N) is 1. The van der Waals surface area contributed by atoms with Gasteiger partial charge in [0.15, 0.2) is 0 Å². The summed E-state index contributed by atoms with van der Waals surface area (Å²) >= 11 is 0. The van der Waals surface area contributed by atoms with Crippen LogP contribution in [-0.4, -0.2) is 41.7 Å². The van der Waals surface area contributed by atoms with Crippen LogP contribution < -0.4 is 5.73 Å². The molecular formula is C8H17ClN2O2. The largest absolute Gasteiger partial charge is 0.393 e. The number of rotatable bonds is 2. The van der Waals surface area contributed by atoms with E-state index in [2.05, 4.69) is 0 Å². The normalized spacial score (nSPS) is 18.2. The number of piperidine rings is 1. The molecule has 0 aromatic heterocycles. The summed E-state index contributed by atoms with van der Waals surface area (Å²) in [7, 11) is 0. The summed E-state index contributed by atoms with van der Waals surface area (Å²) in [5.41, 5.74) is 5.27. The van der Waals surface area contributed by atoms with E-state index in [4.69, 9.17) is 5.73 Å². The number of halogens is 1. The van der Waals surface area contributed by atoms with Gasteiger partial charge in [0.05, 0.1) is 6.10 Å². The molecular weight excluding hydrogens is 192 g/mol. The maximum absolute atomic E-state index is 11.3. The highest BCUT2D eigenvalue weighted by Crippen LogP contribution is 2.10. The Kier molecular flexibility index (Phi) is 6.03. The quantitative estimate of drug-likeness (QED) is 0.657. The summed E-state index contributed by atoms with van der Waals surface area (Å²) in [6, 6.07) is 0. The molecule has 1 amide bonds. The number of carbonyl (C=O) groups excluding carboxylic acids is 1. The summed E-state index contributed by atoms with van der Waals surface area (Å²) < 4.78 is 0. The smallest absolute Gasteiger partial charge is 0.223 e. The molecule has 0 aromatic carbocycles. The third kappa shape index (κ3) is 3.93. The van der Waals surface area contributed by atoms with Crippen molar-refractivity contribution < 1.29 is 9.90 Å². The lowest BCUT2D eigenvalue weighted by molar-refractivity contribution is -0.132. The molecule has 3 N–H and O–H groups in total. The summed E-state index contributed by atoms with van der Waals surface area (Å²) in [6.45, 7) is 1.78. The lowest BCUT2D eigenvalue weighted by Crippen LogP contribution is -2.40. The van der Waals surface area contributed by atoms with Gasteiger partial charge < -0.3 is 15.7 Å². The minimum absolute atomic E-state index is 0. The number of carbonyl (C=O) groups is 1. The molecule has 0 atom stereocenters. The van der Waals surface area contributed by atoms with Gasteiger partial charge in [0.25, 0.3) is 0 Å². The van der Waals surface area contributed by atoms with E-state index in [0.717, 1.165) is 0 Å². The van der Waals surface area contributed by atoms with Crippen molar-refractivity contribution in [3.63, 3.8) is 0 Å². The Balaban J connectivity index is 0.00000144. The van der Waals surface area contributed by atoms with Gasteiger partial charge in [0, 0.05) is 26.1 Å². The minimum atomic E-state index is -0.216. The SMILES string of the molecule is Cl.NCCC(=O)N1CCC(O)CC1. The Morgan fingerprint density at radius 2 is 2.00 bits per heavy atom. The molecule has 1 aliphatic rings. The van der Waals surface area contributed by atoms with Gasteiger partial charge in [-0.25, -0.2) is 0 Å². The van der Waals surface area contributed by atoms with Crippen LogP contribution in [0.3, 0.4) is 0 Å². The average molecular weight is 209 g/mol. The van der Waals surface area contributed by atoms with E-state index in [1.165, 1.54) is 0 Å². The first-order valence-electron chi connectivity index (χ1n) is 4.40. The van der Waals surface area contributed by atoms with Gasteiger partial charge in [-0.3, -0.25) is 4.79 Å². The molecule has 4 nitrogen and oxygen atoms in total. The predicted octanol–water partition coefficient (Wildman–Crippen LogP) is -0.260. The Morgan fingerprint density at radius 3 is 2.46 bits per heavy atom. The third-order valence-electron chi connectivity index (χ3n) is 2.18. The third-order valence-corrected chi connectivity index (χ3v) is 2.18. The van der Waals surface area contributed by atoms with Crippen LogP contribution in [0.15, 0.2) is 0 Å². The van der Waals surface area contributed by atoms with Crippen LogP contribution >= 0.6 is 12.4 Å². The first-order chi connectivity index (χ1) is 5.74. The highest BCUT2D eigenvalue weighted by Gasteiger charge is 2.20. The number of amides is 1. The van der Waals surface area contributed by atoms with Gasteiger partial charge >= 0.3 is 0 Å². The molecule has 13 heavy (non-hydrogen) atoms. The molecule has 0 saturated carbocycles. The van der Waals surface area contributed by atoms with Gasteiger partial charge in [-0.2, -0.15) is 0 Å². The van der Waals surface area contributed by atoms with Crippen LogP contribution in [-0.2, 0) is 4.79 Å². The van der Waals surface area contributed by atoms with Crippen molar-refractivity contribution in [3.8, 4) is 0 Å². The molecule has 0 aromatic rings. The monoisotopic (exact) mass is 208 g/mol. The number of nitrogens with zero attached hydrogens (tertiary/aromatic N) is 1. The zero-order chi connectivity index (χ0) is 8.97. The van der Waals surface area contributed by atoms with Crippen LogP contribution in [0.2, 0.25) is 0 Å². The summed E-state index contributed by atoms with van der Waals surface area (Å²) in [5.74, 6) is 0.115. The van der Waals surface area contributed by atoms with E-state index in [1.54, 1.807) is 4.90 Å². The molecule has 0 unspecified atom stereocenters. The van der Waals surface area contributed by atoms with Crippen molar-refractivity contribution in [2.75, 3.05) is 19.6 Å². The second-order valence-electron chi connectivity index (χ2n) is 3.15. The van der Waals surface area contributed by atoms with E-state index >= 15 is 0 Å². The van der Waals surface area contributed by atoms with E-state index < -0.39 is 0 Å². The fraction of sp³-hybridized carbons (Fsp3) is 0.875.